The molecule has 1 aliphatic heterocycles. The predicted molar refractivity (Wildman–Crippen MR) is 69.7 cm³/mol. The minimum Gasteiger partial charge on any atom is -0.468 e. The maximum atomic E-state index is 12.0. The van der Waals surface area contributed by atoms with Crippen molar-refractivity contribution in [1.82, 2.24) is 4.90 Å². The Kier molecular flexibility index (Phi) is 4.22. The van der Waals surface area contributed by atoms with Gasteiger partial charge in [0.05, 0.1) is 22.0 Å². The van der Waals surface area contributed by atoms with E-state index in [0.29, 0.717) is 16.6 Å². The summed E-state index contributed by atoms with van der Waals surface area (Å²) in [6.45, 7) is 5.55. The summed E-state index contributed by atoms with van der Waals surface area (Å²) in [7, 11) is -1.29. The molecule has 4 nitrogen and oxygen atoms in total. The van der Waals surface area contributed by atoms with Crippen molar-refractivity contribution in [2.24, 2.45) is 5.92 Å². The molecule has 1 aliphatic rings. The molecule has 0 radical (unpaired) electrons. The zero-order valence-electron chi connectivity index (χ0n) is 10.8. The van der Waals surface area contributed by atoms with Crippen LogP contribution in [0.1, 0.15) is 25.5 Å². The number of hydrogen-bond acceptors (Lipinski definition) is 3. The molecule has 1 aromatic rings. The van der Waals surface area contributed by atoms with Gasteiger partial charge in [0.25, 0.3) is 0 Å². The van der Waals surface area contributed by atoms with Crippen LogP contribution >= 0.6 is 0 Å². The lowest BCUT2D eigenvalue weighted by molar-refractivity contribution is -0.129. The molecule has 0 saturated carbocycles. The minimum atomic E-state index is -1.29. The quantitative estimate of drug-likeness (QED) is 0.842. The maximum Gasteiger partial charge on any atom is 0.235 e. The Labute approximate surface area is 110 Å². The molecule has 0 spiro atoms. The Morgan fingerprint density at radius 3 is 2.72 bits per heavy atom. The number of aryl methyl sites for hydroxylation is 1. The summed E-state index contributed by atoms with van der Waals surface area (Å²) >= 11 is 0. The number of amides is 1. The van der Waals surface area contributed by atoms with Crippen molar-refractivity contribution in [3.8, 4) is 0 Å². The van der Waals surface area contributed by atoms with Crippen LogP contribution in [0.25, 0.3) is 0 Å². The molecule has 1 amide bonds. The molecule has 2 rings (SSSR count). The summed E-state index contributed by atoms with van der Waals surface area (Å²) in [5.41, 5.74) is 0. The van der Waals surface area contributed by atoms with Gasteiger partial charge in [0, 0.05) is 13.1 Å². The highest BCUT2D eigenvalue weighted by molar-refractivity contribution is 7.85. The number of hydrogen-bond donors (Lipinski definition) is 0. The van der Waals surface area contributed by atoms with Crippen molar-refractivity contribution < 1.29 is 13.4 Å². The number of nitrogens with zero attached hydrogens (tertiary/aromatic N) is 1. The van der Waals surface area contributed by atoms with Crippen molar-refractivity contribution in [2.45, 2.75) is 31.6 Å². The van der Waals surface area contributed by atoms with Gasteiger partial charge in [0.2, 0.25) is 5.91 Å². The Balaban J connectivity index is 1.92. The number of rotatable bonds is 3. The monoisotopic (exact) mass is 269 g/mol. The normalized spacial score (nSPS) is 18.9. The van der Waals surface area contributed by atoms with E-state index in [1.807, 2.05) is 4.90 Å². The molecule has 5 heteroatoms. The summed E-state index contributed by atoms with van der Waals surface area (Å²) < 4.78 is 17.2. The van der Waals surface area contributed by atoms with Crippen LogP contribution < -0.4 is 0 Å². The van der Waals surface area contributed by atoms with Crippen LogP contribution in [0.15, 0.2) is 21.6 Å². The molecule has 0 bridgehead atoms. The van der Waals surface area contributed by atoms with E-state index in [9.17, 15) is 9.00 Å². The van der Waals surface area contributed by atoms with Gasteiger partial charge in [-0.25, -0.2) is 0 Å². The van der Waals surface area contributed by atoms with E-state index in [4.69, 9.17) is 4.42 Å². The van der Waals surface area contributed by atoms with Crippen LogP contribution in [0.3, 0.4) is 0 Å². The summed E-state index contributed by atoms with van der Waals surface area (Å²) in [6, 6.07) is 1.68. The van der Waals surface area contributed by atoms with Crippen molar-refractivity contribution in [3.63, 3.8) is 0 Å². The highest BCUT2D eigenvalue weighted by atomic mass is 32.2. The van der Waals surface area contributed by atoms with E-state index in [0.717, 1.165) is 25.9 Å². The first-order chi connectivity index (χ1) is 8.58. The third-order valence-corrected chi connectivity index (χ3v) is 4.87. The zero-order chi connectivity index (χ0) is 13.1. The number of piperidine rings is 1. The number of furan rings is 1. The van der Waals surface area contributed by atoms with Gasteiger partial charge in [0.1, 0.15) is 11.5 Å². The second kappa shape index (κ2) is 5.69. The maximum absolute atomic E-state index is 12.0. The summed E-state index contributed by atoms with van der Waals surface area (Å²) in [4.78, 5) is 14.5. The molecular weight excluding hydrogens is 250 g/mol. The highest BCUT2D eigenvalue weighted by Gasteiger charge is 2.23. The third-order valence-electron chi connectivity index (χ3n) is 3.45. The minimum absolute atomic E-state index is 0.0131. The topological polar surface area (TPSA) is 50.5 Å². The molecule has 2 heterocycles. The van der Waals surface area contributed by atoms with E-state index < -0.39 is 10.8 Å². The van der Waals surface area contributed by atoms with Crippen LogP contribution in [0.4, 0.5) is 0 Å². The molecule has 1 aromatic heterocycles. The fourth-order valence-corrected chi connectivity index (χ4v) is 3.29. The van der Waals surface area contributed by atoms with Gasteiger partial charge in [0.15, 0.2) is 0 Å². The van der Waals surface area contributed by atoms with Crippen molar-refractivity contribution in [3.05, 3.63) is 18.1 Å². The lowest BCUT2D eigenvalue weighted by Gasteiger charge is -2.30. The largest absolute Gasteiger partial charge is 0.468 e. The van der Waals surface area contributed by atoms with Crippen molar-refractivity contribution in [2.75, 3.05) is 18.8 Å². The highest BCUT2D eigenvalue weighted by Crippen LogP contribution is 2.18. The van der Waals surface area contributed by atoms with Gasteiger partial charge in [-0.1, -0.05) is 6.92 Å². The van der Waals surface area contributed by atoms with Gasteiger partial charge in [-0.2, -0.15) is 0 Å². The second-order valence-corrected chi connectivity index (χ2v) is 6.31. The van der Waals surface area contributed by atoms with Gasteiger partial charge >= 0.3 is 0 Å². The molecule has 1 unspecified atom stereocenters. The van der Waals surface area contributed by atoms with Crippen LogP contribution in [-0.2, 0) is 15.6 Å². The molecule has 0 aliphatic carbocycles. The SMILES string of the molecule is Cc1occc1S(=O)CC(=O)N1CCC(C)CC1. The van der Waals surface area contributed by atoms with E-state index in [-0.39, 0.29) is 11.7 Å². The standard InChI is InChI=1S/C13H19NO3S/c1-10-3-6-14(7-4-10)13(15)9-18(16)12-5-8-17-11(12)2/h5,8,10H,3-4,6-7,9H2,1-2H3. The Bertz CT molecular complexity index is 447. The second-order valence-electron chi connectivity index (χ2n) is 4.89. The average molecular weight is 269 g/mol. The Morgan fingerprint density at radius 1 is 1.50 bits per heavy atom. The number of carbonyl (C=O) groups excluding carboxylic acids is 1. The first-order valence-electron chi connectivity index (χ1n) is 6.28. The van der Waals surface area contributed by atoms with Crippen LogP contribution in [0, 0.1) is 12.8 Å². The lowest BCUT2D eigenvalue weighted by atomic mass is 9.99. The molecular formula is C13H19NO3S. The van der Waals surface area contributed by atoms with E-state index in [1.165, 1.54) is 6.26 Å². The Morgan fingerprint density at radius 2 is 2.17 bits per heavy atom. The van der Waals surface area contributed by atoms with Crippen LogP contribution in [0.5, 0.6) is 0 Å². The first-order valence-corrected chi connectivity index (χ1v) is 7.60. The Hall–Kier alpha value is -1.10. The van der Waals surface area contributed by atoms with E-state index in [1.54, 1.807) is 13.0 Å². The van der Waals surface area contributed by atoms with Gasteiger partial charge in [-0.15, -0.1) is 0 Å². The zero-order valence-corrected chi connectivity index (χ0v) is 11.7. The molecule has 1 fully saturated rings. The lowest BCUT2D eigenvalue weighted by Crippen LogP contribution is -2.40. The molecule has 18 heavy (non-hydrogen) atoms. The van der Waals surface area contributed by atoms with Crippen LogP contribution in [-0.4, -0.2) is 33.9 Å². The molecule has 1 atom stereocenters. The molecule has 100 valence electrons. The third kappa shape index (κ3) is 3.02. The summed E-state index contributed by atoms with van der Waals surface area (Å²) in [5.74, 6) is 1.37. The van der Waals surface area contributed by atoms with Gasteiger partial charge < -0.3 is 9.32 Å². The first kappa shape index (κ1) is 13.3. The van der Waals surface area contributed by atoms with Gasteiger partial charge in [-0.3, -0.25) is 9.00 Å². The van der Waals surface area contributed by atoms with E-state index in [2.05, 4.69) is 6.92 Å². The van der Waals surface area contributed by atoms with Crippen molar-refractivity contribution in [1.29, 1.82) is 0 Å². The number of likely N-dealkylation sites (tertiary alicyclic amines) is 1. The average Bonchev–Trinajstić information content (AvgIpc) is 2.76. The number of carbonyl (C=O) groups is 1. The smallest absolute Gasteiger partial charge is 0.235 e. The fraction of sp³-hybridized carbons (Fsp3) is 0.615. The van der Waals surface area contributed by atoms with Crippen LogP contribution in [0.2, 0.25) is 0 Å². The molecule has 0 aromatic carbocycles. The summed E-state index contributed by atoms with van der Waals surface area (Å²) in [5, 5.41) is 0. The molecule has 0 N–H and O–H groups in total. The van der Waals surface area contributed by atoms with Gasteiger partial charge in [-0.05, 0) is 31.7 Å². The van der Waals surface area contributed by atoms with E-state index >= 15 is 0 Å². The predicted octanol–water partition coefficient (Wildman–Crippen LogP) is 1.95. The fourth-order valence-electron chi connectivity index (χ4n) is 2.15. The molecule has 1 saturated heterocycles. The van der Waals surface area contributed by atoms with Crippen molar-refractivity contribution >= 4 is 16.7 Å². The summed E-state index contributed by atoms with van der Waals surface area (Å²) in [6.07, 6.45) is 3.60.